The lowest BCUT2D eigenvalue weighted by Gasteiger charge is -2.26. The number of morpholine rings is 1. The minimum Gasteiger partial charge on any atom is -0.374 e. The van der Waals surface area contributed by atoms with E-state index < -0.39 is 0 Å². The summed E-state index contributed by atoms with van der Waals surface area (Å²) in [6.45, 7) is 5.83. The molecule has 2 N–H and O–H groups in total. The molecule has 1 aliphatic heterocycles. The van der Waals surface area contributed by atoms with Crippen LogP contribution in [0.5, 0.6) is 0 Å². The molecule has 0 bridgehead atoms. The summed E-state index contributed by atoms with van der Waals surface area (Å²) in [5.41, 5.74) is 1.35. The quantitative estimate of drug-likeness (QED) is 0.895. The first-order chi connectivity index (χ1) is 9.84. The van der Waals surface area contributed by atoms with Gasteiger partial charge >= 0.3 is 0 Å². The number of rotatable bonds is 4. The molecule has 0 aromatic heterocycles. The molecule has 3 heteroatoms. The first-order valence-electron chi connectivity index (χ1n) is 7.38. The van der Waals surface area contributed by atoms with Crippen LogP contribution in [0.4, 0.5) is 0 Å². The average Bonchev–Trinajstić information content (AvgIpc) is 2.53. The van der Waals surface area contributed by atoms with E-state index in [0.29, 0.717) is 6.04 Å². The van der Waals surface area contributed by atoms with Crippen molar-refractivity contribution in [2.24, 2.45) is 0 Å². The third-order valence-electron chi connectivity index (χ3n) is 3.95. The summed E-state index contributed by atoms with van der Waals surface area (Å²) in [6.07, 6.45) is 0.279. The Kier molecular flexibility index (Phi) is 4.31. The summed E-state index contributed by atoms with van der Waals surface area (Å²) in [7, 11) is 0. The monoisotopic (exact) mass is 270 g/mol. The fourth-order valence-electron chi connectivity index (χ4n) is 2.80. The Morgan fingerprint density at radius 3 is 2.95 bits per heavy atom. The molecular weight excluding hydrogens is 248 g/mol. The second-order valence-electron chi connectivity index (χ2n) is 5.40. The molecule has 2 atom stereocenters. The molecule has 2 aromatic rings. The Hall–Kier alpha value is -1.42. The minimum atomic E-state index is 0.279. The van der Waals surface area contributed by atoms with Crippen molar-refractivity contribution < 1.29 is 4.74 Å². The number of hydrogen-bond acceptors (Lipinski definition) is 3. The molecule has 1 saturated heterocycles. The maximum absolute atomic E-state index is 5.73. The molecule has 1 heterocycles. The van der Waals surface area contributed by atoms with E-state index >= 15 is 0 Å². The van der Waals surface area contributed by atoms with Crippen molar-refractivity contribution in [3.8, 4) is 0 Å². The molecule has 20 heavy (non-hydrogen) atoms. The van der Waals surface area contributed by atoms with Gasteiger partial charge in [-0.05, 0) is 23.3 Å². The van der Waals surface area contributed by atoms with Gasteiger partial charge in [0.05, 0.1) is 12.7 Å². The maximum Gasteiger partial charge on any atom is 0.0824 e. The van der Waals surface area contributed by atoms with Gasteiger partial charge < -0.3 is 15.4 Å². The number of benzene rings is 2. The van der Waals surface area contributed by atoms with Crippen molar-refractivity contribution >= 4 is 10.8 Å². The molecule has 0 unspecified atom stereocenters. The van der Waals surface area contributed by atoms with Gasteiger partial charge in [-0.3, -0.25) is 0 Å². The SMILES string of the molecule is C[C@@H](NC[C@@H]1CNCCO1)c1cccc2ccccc12. The summed E-state index contributed by atoms with van der Waals surface area (Å²) < 4.78 is 5.73. The lowest BCUT2D eigenvalue weighted by atomic mass is 9.99. The van der Waals surface area contributed by atoms with Crippen molar-refractivity contribution in [3.63, 3.8) is 0 Å². The first kappa shape index (κ1) is 13.6. The number of nitrogens with one attached hydrogen (secondary N) is 2. The molecule has 106 valence electrons. The summed E-state index contributed by atoms with van der Waals surface area (Å²) in [6, 6.07) is 15.4. The fourth-order valence-corrected chi connectivity index (χ4v) is 2.80. The zero-order valence-electron chi connectivity index (χ0n) is 11.9. The number of fused-ring (bicyclic) bond motifs is 1. The minimum absolute atomic E-state index is 0.279. The Morgan fingerprint density at radius 1 is 1.25 bits per heavy atom. The predicted molar refractivity (Wildman–Crippen MR) is 83.0 cm³/mol. The van der Waals surface area contributed by atoms with Crippen LogP contribution < -0.4 is 10.6 Å². The summed E-state index contributed by atoms with van der Waals surface area (Å²) in [5.74, 6) is 0. The van der Waals surface area contributed by atoms with Crippen LogP contribution >= 0.6 is 0 Å². The Labute approximate surface area is 120 Å². The van der Waals surface area contributed by atoms with E-state index in [1.807, 2.05) is 0 Å². The van der Waals surface area contributed by atoms with Crippen molar-refractivity contribution in [1.29, 1.82) is 0 Å². The molecule has 3 rings (SSSR count). The second-order valence-corrected chi connectivity index (χ2v) is 5.40. The first-order valence-corrected chi connectivity index (χ1v) is 7.38. The van der Waals surface area contributed by atoms with Crippen LogP contribution in [-0.4, -0.2) is 32.3 Å². The Bertz CT molecular complexity index is 558. The summed E-state index contributed by atoms with van der Waals surface area (Å²) >= 11 is 0. The van der Waals surface area contributed by atoms with Gasteiger partial charge in [0.15, 0.2) is 0 Å². The average molecular weight is 270 g/mol. The zero-order valence-corrected chi connectivity index (χ0v) is 11.9. The van der Waals surface area contributed by atoms with E-state index in [2.05, 4.69) is 60.0 Å². The lowest BCUT2D eigenvalue weighted by Crippen LogP contribution is -2.44. The van der Waals surface area contributed by atoms with Crippen molar-refractivity contribution in [1.82, 2.24) is 10.6 Å². The van der Waals surface area contributed by atoms with Gasteiger partial charge in [-0.15, -0.1) is 0 Å². The van der Waals surface area contributed by atoms with E-state index in [0.717, 1.165) is 26.2 Å². The fraction of sp³-hybridized carbons (Fsp3) is 0.412. The molecule has 1 aliphatic rings. The molecule has 1 fully saturated rings. The van der Waals surface area contributed by atoms with Gasteiger partial charge in [-0.2, -0.15) is 0 Å². The van der Waals surface area contributed by atoms with E-state index in [9.17, 15) is 0 Å². The molecular formula is C17H22N2O. The van der Waals surface area contributed by atoms with E-state index in [1.54, 1.807) is 0 Å². The number of hydrogen-bond donors (Lipinski definition) is 2. The van der Waals surface area contributed by atoms with Gasteiger partial charge in [0.1, 0.15) is 0 Å². The van der Waals surface area contributed by atoms with Crippen molar-refractivity contribution in [2.45, 2.75) is 19.1 Å². The molecule has 0 spiro atoms. The third-order valence-corrected chi connectivity index (χ3v) is 3.95. The highest BCUT2D eigenvalue weighted by Gasteiger charge is 2.15. The molecule has 0 saturated carbocycles. The van der Waals surface area contributed by atoms with Crippen LogP contribution in [0.1, 0.15) is 18.5 Å². The normalized spacial score (nSPS) is 20.9. The molecule has 0 radical (unpaired) electrons. The summed E-state index contributed by atoms with van der Waals surface area (Å²) in [5, 5.41) is 9.59. The van der Waals surface area contributed by atoms with Crippen LogP contribution in [0.2, 0.25) is 0 Å². The second kappa shape index (κ2) is 6.35. The van der Waals surface area contributed by atoms with Gasteiger partial charge in [0, 0.05) is 25.7 Å². The smallest absolute Gasteiger partial charge is 0.0824 e. The number of ether oxygens (including phenoxy) is 1. The standard InChI is InChI=1S/C17H22N2O/c1-13(19-12-15-11-18-9-10-20-15)16-8-4-6-14-5-2-3-7-17(14)16/h2-8,13,15,18-19H,9-12H2,1H3/t13-,15+/m1/s1. The maximum atomic E-state index is 5.73. The van der Waals surface area contributed by atoms with Gasteiger partial charge in [-0.25, -0.2) is 0 Å². The van der Waals surface area contributed by atoms with E-state index in [1.165, 1.54) is 16.3 Å². The van der Waals surface area contributed by atoms with E-state index in [-0.39, 0.29) is 6.10 Å². The lowest BCUT2D eigenvalue weighted by molar-refractivity contribution is 0.0279. The van der Waals surface area contributed by atoms with Crippen LogP contribution in [-0.2, 0) is 4.74 Å². The predicted octanol–water partition coefficient (Wildman–Crippen LogP) is 2.48. The van der Waals surface area contributed by atoms with Crippen molar-refractivity contribution in [3.05, 3.63) is 48.0 Å². The Morgan fingerprint density at radius 2 is 2.10 bits per heavy atom. The molecule has 0 amide bonds. The van der Waals surface area contributed by atoms with Crippen LogP contribution in [0.3, 0.4) is 0 Å². The largest absolute Gasteiger partial charge is 0.374 e. The molecule has 0 aliphatic carbocycles. The topological polar surface area (TPSA) is 33.3 Å². The van der Waals surface area contributed by atoms with E-state index in [4.69, 9.17) is 4.74 Å². The van der Waals surface area contributed by atoms with Crippen LogP contribution in [0.15, 0.2) is 42.5 Å². The molecule has 3 nitrogen and oxygen atoms in total. The third kappa shape index (κ3) is 3.01. The highest BCUT2D eigenvalue weighted by molar-refractivity contribution is 5.86. The van der Waals surface area contributed by atoms with Gasteiger partial charge in [0.25, 0.3) is 0 Å². The zero-order chi connectivity index (χ0) is 13.8. The van der Waals surface area contributed by atoms with Crippen molar-refractivity contribution in [2.75, 3.05) is 26.2 Å². The Balaban J connectivity index is 1.70. The highest BCUT2D eigenvalue weighted by atomic mass is 16.5. The molecule has 2 aromatic carbocycles. The van der Waals surface area contributed by atoms with Crippen LogP contribution in [0, 0.1) is 0 Å². The van der Waals surface area contributed by atoms with Gasteiger partial charge in [0.2, 0.25) is 0 Å². The van der Waals surface area contributed by atoms with Gasteiger partial charge in [-0.1, -0.05) is 42.5 Å². The van der Waals surface area contributed by atoms with Crippen LogP contribution in [0.25, 0.3) is 10.8 Å². The summed E-state index contributed by atoms with van der Waals surface area (Å²) in [4.78, 5) is 0. The highest BCUT2D eigenvalue weighted by Crippen LogP contribution is 2.23.